The minimum atomic E-state index is -0.0260. The highest BCUT2D eigenvalue weighted by Crippen LogP contribution is 2.35. The van der Waals surface area contributed by atoms with Crippen molar-refractivity contribution in [3.05, 3.63) is 54.5 Å². The van der Waals surface area contributed by atoms with Crippen LogP contribution in [0.1, 0.15) is 18.4 Å². The van der Waals surface area contributed by atoms with Crippen LogP contribution in [0, 0.1) is 0 Å². The number of aromatic nitrogens is 2. The molecule has 0 N–H and O–H groups in total. The lowest BCUT2D eigenvalue weighted by Crippen LogP contribution is -2.66. The van der Waals surface area contributed by atoms with Crippen LogP contribution in [-0.2, 0) is 11.2 Å². The molecule has 2 aliphatic heterocycles. The Kier molecular flexibility index (Phi) is 4.45. The Bertz CT molecular complexity index is 644. The van der Waals surface area contributed by atoms with Gasteiger partial charge in [-0.05, 0) is 12.0 Å². The molecule has 1 aromatic carbocycles. The average Bonchev–Trinajstić information content (AvgIpc) is 2.60. The quantitative estimate of drug-likeness (QED) is 0.844. The molecule has 5 heteroatoms. The minimum Gasteiger partial charge on any atom is -0.473 e. The second-order valence-electron chi connectivity index (χ2n) is 6.75. The van der Waals surface area contributed by atoms with E-state index in [1.165, 1.54) is 5.56 Å². The largest absolute Gasteiger partial charge is 0.473 e. The van der Waals surface area contributed by atoms with Crippen molar-refractivity contribution < 1.29 is 9.47 Å². The van der Waals surface area contributed by atoms with E-state index in [0.29, 0.717) is 5.88 Å². The van der Waals surface area contributed by atoms with Gasteiger partial charge < -0.3 is 9.47 Å². The fourth-order valence-electron chi connectivity index (χ4n) is 3.68. The molecule has 4 rings (SSSR count). The van der Waals surface area contributed by atoms with E-state index in [2.05, 4.69) is 45.2 Å². The summed E-state index contributed by atoms with van der Waals surface area (Å²) < 4.78 is 12.1. The Labute approximate surface area is 142 Å². The second-order valence-corrected chi connectivity index (χ2v) is 6.75. The van der Waals surface area contributed by atoms with Crippen LogP contribution >= 0.6 is 0 Å². The monoisotopic (exact) mass is 325 g/mol. The van der Waals surface area contributed by atoms with E-state index >= 15 is 0 Å². The molecule has 24 heavy (non-hydrogen) atoms. The van der Waals surface area contributed by atoms with E-state index in [4.69, 9.17) is 9.47 Å². The molecule has 2 aromatic rings. The predicted octanol–water partition coefficient (Wildman–Crippen LogP) is 2.33. The van der Waals surface area contributed by atoms with Gasteiger partial charge in [0.25, 0.3) is 0 Å². The maximum absolute atomic E-state index is 6.09. The third-order valence-electron chi connectivity index (χ3n) is 4.86. The summed E-state index contributed by atoms with van der Waals surface area (Å²) in [7, 11) is 0. The van der Waals surface area contributed by atoms with Crippen LogP contribution in [-0.4, -0.2) is 52.8 Å². The topological polar surface area (TPSA) is 47.5 Å². The fourth-order valence-corrected chi connectivity index (χ4v) is 3.68. The minimum absolute atomic E-state index is 0.0260. The van der Waals surface area contributed by atoms with E-state index < -0.39 is 0 Å². The molecule has 2 fully saturated rings. The highest BCUT2D eigenvalue weighted by atomic mass is 16.5. The number of hydrogen-bond acceptors (Lipinski definition) is 5. The van der Waals surface area contributed by atoms with Crippen LogP contribution in [0.5, 0.6) is 5.88 Å². The van der Waals surface area contributed by atoms with Crippen LogP contribution in [0.15, 0.2) is 48.9 Å². The number of benzene rings is 1. The molecule has 0 aliphatic carbocycles. The summed E-state index contributed by atoms with van der Waals surface area (Å²) in [6.45, 7) is 3.85. The Hall–Kier alpha value is -1.98. The Morgan fingerprint density at radius 2 is 2.08 bits per heavy atom. The predicted molar refractivity (Wildman–Crippen MR) is 91.0 cm³/mol. The van der Waals surface area contributed by atoms with Crippen molar-refractivity contribution in [3.63, 3.8) is 0 Å². The molecule has 126 valence electrons. The summed E-state index contributed by atoms with van der Waals surface area (Å²) in [5, 5.41) is 0. The molecular formula is C19H23N3O2. The zero-order valence-electron chi connectivity index (χ0n) is 13.8. The first kappa shape index (κ1) is 15.5. The summed E-state index contributed by atoms with van der Waals surface area (Å²) in [5.41, 5.74) is 1.37. The zero-order valence-corrected chi connectivity index (χ0v) is 13.8. The first-order valence-electron chi connectivity index (χ1n) is 8.64. The van der Waals surface area contributed by atoms with Crippen molar-refractivity contribution in [2.45, 2.75) is 31.0 Å². The van der Waals surface area contributed by atoms with Gasteiger partial charge in [-0.3, -0.25) is 9.88 Å². The van der Waals surface area contributed by atoms with Gasteiger partial charge in [-0.1, -0.05) is 30.3 Å². The number of likely N-dealkylation sites (tertiary alicyclic amines) is 1. The van der Waals surface area contributed by atoms with E-state index in [9.17, 15) is 0 Å². The molecule has 5 nitrogen and oxygen atoms in total. The molecule has 0 bridgehead atoms. The molecule has 0 saturated carbocycles. The summed E-state index contributed by atoms with van der Waals surface area (Å²) >= 11 is 0. The lowest BCUT2D eigenvalue weighted by atomic mass is 9.84. The third-order valence-corrected chi connectivity index (χ3v) is 4.86. The van der Waals surface area contributed by atoms with E-state index in [1.54, 1.807) is 18.6 Å². The molecule has 2 saturated heterocycles. The second kappa shape index (κ2) is 6.87. The molecule has 0 radical (unpaired) electrons. The van der Waals surface area contributed by atoms with Gasteiger partial charge in [0.2, 0.25) is 5.88 Å². The van der Waals surface area contributed by atoms with Crippen LogP contribution in [0.2, 0.25) is 0 Å². The van der Waals surface area contributed by atoms with Crippen LogP contribution in [0.25, 0.3) is 0 Å². The Balaban J connectivity index is 1.26. The average molecular weight is 325 g/mol. The van der Waals surface area contributed by atoms with Gasteiger partial charge in [0, 0.05) is 44.9 Å². The smallest absolute Gasteiger partial charge is 0.232 e. The van der Waals surface area contributed by atoms with Crippen molar-refractivity contribution in [1.82, 2.24) is 14.9 Å². The first-order chi connectivity index (χ1) is 11.8. The molecule has 0 amide bonds. The number of nitrogens with zero attached hydrogens (tertiary/aromatic N) is 3. The van der Waals surface area contributed by atoms with Gasteiger partial charge in [0.15, 0.2) is 0 Å². The van der Waals surface area contributed by atoms with Gasteiger partial charge in [0.05, 0.1) is 18.4 Å². The number of ether oxygens (including phenoxy) is 2. The number of rotatable bonds is 5. The zero-order chi connectivity index (χ0) is 16.2. The van der Waals surface area contributed by atoms with E-state index in [0.717, 1.165) is 45.5 Å². The van der Waals surface area contributed by atoms with Crippen molar-refractivity contribution in [1.29, 1.82) is 0 Å². The van der Waals surface area contributed by atoms with Gasteiger partial charge in [-0.25, -0.2) is 4.98 Å². The van der Waals surface area contributed by atoms with Crippen LogP contribution < -0.4 is 4.74 Å². The molecule has 0 unspecified atom stereocenters. The standard InChI is InChI=1S/C19H23N3O2/c1-2-4-16(5-3-1)6-10-22-14-19(15-22)12-17(7-11-23-19)24-18-13-20-8-9-21-18/h1-5,8-9,13,17H,6-7,10-12,14-15H2/t17-/m0/s1. The summed E-state index contributed by atoms with van der Waals surface area (Å²) in [6.07, 6.45) is 8.12. The van der Waals surface area contributed by atoms with Crippen molar-refractivity contribution in [2.24, 2.45) is 0 Å². The molecule has 1 aromatic heterocycles. The van der Waals surface area contributed by atoms with Gasteiger partial charge in [-0.2, -0.15) is 0 Å². The normalized spacial score (nSPS) is 22.9. The van der Waals surface area contributed by atoms with E-state index in [1.807, 2.05) is 0 Å². The third kappa shape index (κ3) is 3.57. The van der Waals surface area contributed by atoms with Gasteiger partial charge in [-0.15, -0.1) is 0 Å². The maximum Gasteiger partial charge on any atom is 0.232 e. The lowest BCUT2D eigenvalue weighted by Gasteiger charge is -2.53. The molecule has 1 spiro atoms. The highest BCUT2D eigenvalue weighted by Gasteiger charge is 2.47. The fraction of sp³-hybridized carbons (Fsp3) is 0.474. The van der Waals surface area contributed by atoms with Gasteiger partial charge in [0.1, 0.15) is 6.10 Å². The van der Waals surface area contributed by atoms with Crippen LogP contribution in [0.3, 0.4) is 0 Å². The molecule has 2 aliphatic rings. The number of hydrogen-bond donors (Lipinski definition) is 0. The van der Waals surface area contributed by atoms with Crippen LogP contribution in [0.4, 0.5) is 0 Å². The Morgan fingerprint density at radius 3 is 2.88 bits per heavy atom. The van der Waals surface area contributed by atoms with Crippen molar-refractivity contribution in [3.8, 4) is 5.88 Å². The molecule has 3 heterocycles. The summed E-state index contributed by atoms with van der Waals surface area (Å²) in [4.78, 5) is 10.7. The van der Waals surface area contributed by atoms with Gasteiger partial charge >= 0.3 is 0 Å². The highest BCUT2D eigenvalue weighted by molar-refractivity contribution is 5.15. The summed E-state index contributed by atoms with van der Waals surface area (Å²) in [5.74, 6) is 0.611. The molecule has 1 atom stereocenters. The first-order valence-corrected chi connectivity index (χ1v) is 8.64. The van der Waals surface area contributed by atoms with Crippen molar-refractivity contribution in [2.75, 3.05) is 26.2 Å². The van der Waals surface area contributed by atoms with Crippen molar-refractivity contribution >= 4 is 0 Å². The SMILES string of the molecule is c1ccc(CCN2CC3(C[C@@H](Oc4cnccn4)CCO3)C2)cc1. The summed E-state index contributed by atoms with van der Waals surface area (Å²) in [6, 6.07) is 10.7. The maximum atomic E-state index is 6.09. The molecular weight excluding hydrogens is 302 g/mol. The lowest BCUT2D eigenvalue weighted by molar-refractivity contribution is -0.185. The van der Waals surface area contributed by atoms with E-state index in [-0.39, 0.29) is 11.7 Å². The Morgan fingerprint density at radius 1 is 1.21 bits per heavy atom.